The van der Waals surface area contributed by atoms with E-state index in [1.165, 1.54) is 10.9 Å². The molecule has 2 aliphatic rings. The first-order valence-corrected chi connectivity index (χ1v) is 9.93. The fourth-order valence-corrected chi connectivity index (χ4v) is 4.91. The number of halogens is 1. The van der Waals surface area contributed by atoms with Gasteiger partial charge in [-0.05, 0) is 50.3 Å². The average molecular weight is 425 g/mol. The van der Waals surface area contributed by atoms with Crippen LogP contribution in [0.4, 0.5) is 5.69 Å². The van der Waals surface area contributed by atoms with Gasteiger partial charge in [0.2, 0.25) is 0 Å². The molecule has 1 aromatic heterocycles. The highest BCUT2D eigenvalue weighted by atomic mass is 79.9. The van der Waals surface area contributed by atoms with Crippen LogP contribution in [0.25, 0.3) is 10.9 Å². The highest BCUT2D eigenvalue weighted by Gasteiger charge is 2.55. The number of hydrogen-bond acceptors (Lipinski definition) is 3. The van der Waals surface area contributed by atoms with Gasteiger partial charge in [0.25, 0.3) is 5.91 Å². The number of para-hydroxylation sites is 1. The number of nitrogens with one attached hydrogen (secondary N) is 2. The number of rotatable bonds is 2. The maximum atomic E-state index is 13.8. The van der Waals surface area contributed by atoms with Crippen molar-refractivity contribution in [1.82, 2.24) is 15.2 Å². The molecule has 0 fully saturated rings. The number of carbonyl (C=O) groups excluding carboxylic acids is 1. The maximum Gasteiger partial charge on any atom is 0.259 e. The van der Waals surface area contributed by atoms with Gasteiger partial charge in [0.05, 0.1) is 18.1 Å². The van der Waals surface area contributed by atoms with Gasteiger partial charge in [-0.1, -0.05) is 34.1 Å². The fraction of sp³-hybridized carbons (Fsp3) is 0.286. The summed E-state index contributed by atoms with van der Waals surface area (Å²) < 4.78 is 0.977. The zero-order chi connectivity index (χ0) is 18.8. The van der Waals surface area contributed by atoms with Crippen molar-refractivity contribution in [2.75, 3.05) is 32.2 Å². The van der Waals surface area contributed by atoms with Crippen LogP contribution in [-0.4, -0.2) is 43.1 Å². The molecule has 2 aromatic carbocycles. The van der Waals surface area contributed by atoms with Crippen LogP contribution in [0.1, 0.15) is 16.8 Å². The smallest absolute Gasteiger partial charge is 0.259 e. The molecule has 0 unspecified atom stereocenters. The van der Waals surface area contributed by atoms with Crippen molar-refractivity contribution in [2.45, 2.75) is 12.0 Å². The molecule has 1 spiro atoms. The summed E-state index contributed by atoms with van der Waals surface area (Å²) in [5.41, 5.74) is 4.44. The van der Waals surface area contributed by atoms with E-state index in [0.717, 1.165) is 39.9 Å². The number of amides is 1. The van der Waals surface area contributed by atoms with Gasteiger partial charge >= 0.3 is 0 Å². The third-order valence-electron chi connectivity index (χ3n) is 5.60. The predicted octanol–water partition coefficient (Wildman–Crippen LogP) is 3.19. The fourth-order valence-electron chi connectivity index (χ4n) is 4.55. The Bertz CT molecular complexity index is 1070. The van der Waals surface area contributed by atoms with E-state index in [0.29, 0.717) is 6.67 Å². The molecular formula is C21H21BrN4O. The van der Waals surface area contributed by atoms with Crippen molar-refractivity contribution in [3.8, 4) is 0 Å². The lowest BCUT2D eigenvalue weighted by molar-refractivity contribution is -0.123. The van der Waals surface area contributed by atoms with Crippen molar-refractivity contribution in [3.05, 3.63) is 63.8 Å². The average Bonchev–Trinajstić information content (AvgIpc) is 3.13. The van der Waals surface area contributed by atoms with E-state index in [4.69, 9.17) is 0 Å². The number of anilines is 1. The molecule has 0 bridgehead atoms. The summed E-state index contributed by atoms with van der Waals surface area (Å²) in [6.07, 6.45) is 0.908. The zero-order valence-corrected chi connectivity index (χ0v) is 16.9. The third kappa shape index (κ3) is 2.27. The Labute approximate surface area is 166 Å². The van der Waals surface area contributed by atoms with Crippen LogP contribution in [0, 0.1) is 0 Å². The summed E-state index contributed by atoms with van der Waals surface area (Å²) in [6, 6.07) is 14.4. The highest BCUT2D eigenvalue weighted by molar-refractivity contribution is 9.10. The van der Waals surface area contributed by atoms with Gasteiger partial charge in [0.1, 0.15) is 0 Å². The topological polar surface area (TPSA) is 51.4 Å². The zero-order valence-electron chi connectivity index (χ0n) is 15.3. The Morgan fingerprint density at radius 3 is 2.85 bits per heavy atom. The lowest BCUT2D eigenvalue weighted by Crippen LogP contribution is -2.55. The van der Waals surface area contributed by atoms with Crippen molar-refractivity contribution < 1.29 is 4.79 Å². The number of aromatic nitrogens is 1. The Hall–Kier alpha value is -2.15. The van der Waals surface area contributed by atoms with Crippen molar-refractivity contribution >= 4 is 38.4 Å². The van der Waals surface area contributed by atoms with Crippen molar-refractivity contribution in [3.63, 3.8) is 0 Å². The standard InChI is InChI=1S/C21H21BrN4O/c1-25(2)12-26-18-8-7-13(22)11-16(18)21(20(26)27)19-15(9-10-23-21)14-5-3-4-6-17(14)24-19/h3-8,11,23-24H,9-10,12H2,1-2H3/t21-/m1/s1. The van der Waals surface area contributed by atoms with Crippen molar-refractivity contribution in [1.29, 1.82) is 0 Å². The number of benzene rings is 2. The van der Waals surface area contributed by atoms with E-state index in [1.54, 1.807) is 0 Å². The summed E-state index contributed by atoms with van der Waals surface area (Å²) in [4.78, 5) is 21.3. The molecule has 0 saturated heterocycles. The number of aromatic amines is 1. The normalized spacial score (nSPS) is 21.3. The molecule has 3 heterocycles. The molecule has 0 saturated carbocycles. The van der Waals surface area contributed by atoms with E-state index in [1.807, 2.05) is 42.1 Å². The monoisotopic (exact) mass is 424 g/mol. The molecule has 0 aliphatic carbocycles. The second kappa shape index (κ2) is 5.92. The van der Waals surface area contributed by atoms with Crippen LogP contribution >= 0.6 is 15.9 Å². The lowest BCUT2D eigenvalue weighted by Gasteiger charge is -2.34. The molecule has 5 rings (SSSR count). The first-order valence-electron chi connectivity index (χ1n) is 9.14. The molecule has 5 nitrogen and oxygen atoms in total. The van der Waals surface area contributed by atoms with Gasteiger partial charge < -0.3 is 4.98 Å². The third-order valence-corrected chi connectivity index (χ3v) is 6.09. The number of hydrogen-bond donors (Lipinski definition) is 2. The van der Waals surface area contributed by atoms with E-state index in [-0.39, 0.29) is 5.91 Å². The van der Waals surface area contributed by atoms with Gasteiger partial charge in [0.15, 0.2) is 5.54 Å². The van der Waals surface area contributed by atoms with E-state index in [2.05, 4.69) is 50.5 Å². The van der Waals surface area contributed by atoms with Crippen LogP contribution < -0.4 is 10.2 Å². The Kier molecular flexibility index (Phi) is 3.73. The van der Waals surface area contributed by atoms with Gasteiger partial charge in [-0.3, -0.25) is 19.9 Å². The van der Waals surface area contributed by atoms with Gasteiger partial charge in [-0.25, -0.2) is 0 Å². The molecule has 1 atom stereocenters. The van der Waals surface area contributed by atoms with Crippen LogP contribution in [0.15, 0.2) is 46.9 Å². The Morgan fingerprint density at radius 1 is 1.22 bits per heavy atom. The first-order chi connectivity index (χ1) is 13.0. The SMILES string of the molecule is CN(C)CN1C(=O)[C@@]2(NCCc3c2[nH]c2ccccc32)c2cc(Br)ccc21. The van der Waals surface area contributed by atoms with Crippen LogP contribution in [0.2, 0.25) is 0 Å². The molecule has 6 heteroatoms. The molecule has 27 heavy (non-hydrogen) atoms. The largest absolute Gasteiger partial charge is 0.356 e. The summed E-state index contributed by atoms with van der Waals surface area (Å²) in [6.45, 7) is 1.31. The number of H-pyrrole nitrogens is 1. The van der Waals surface area contributed by atoms with Crippen LogP contribution in [0.3, 0.4) is 0 Å². The molecule has 2 aliphatic heterocycles. The minimum Gasteiger partial charge on any atom is -0.356 e. The lowest BCUT2D eigenvalue weighted by atomic mass is 9.82. The van der Waals surface area contributed by atoms with Gasteiger partial charge in [-0.2, -0.15) is 0 Å². The van der Waals surface area contributed by atoms with E-state index < -0.39 is 5.54 Å². The highest BCUT2D eigenvalue weighted by Crippen LogP contribution is 2.48. The Balaban J connectivity index is 1.81. The molecule has 3 aromatic rings. The molecule has 1 amide bonds. The second-order valence-electron chi connectivity index (χ2n) is 7.57. The molecule has 0 radical (unpaired) electrons. The van der Waals surface area contributed by atoms with Crippen LogP contribution in [-0.2, 0) is 16.8 Å². The summed E-state index contributed by atoms with van der Waals surface area (Å²) in [5, 5.41) is 4.80. The van der Waals surface area contributed by atoms with E-state index >= 15 is 0 Å². The van der Waals surface area contributed by atoms with Crippen LogP contribution in [0.5, 0.6) is 0 Å². The first kappa shape index (κ1) is 17.0. The molecule has 2 N–H and O–H groups in total. The van der Waals surface area contributed by atoms with Gasteiger partial charge in [-0.15, -0.1) is 0 Å². The maximum absolute atomic E-state index is 13.8. The van der Waals surface area contributed by atoms with Crippen molar-refractivity contribution in [2.24, 2.45) is 0 Å². The minimum atomic E-state index is -0.859. The summed E-state index contributed by atoms with van der Waals surface area (Å²) in [5.74, 6) is 0.0804. The second-order valence-corrected chi connectivity index (χ2v) is 8.48. The summed E-state index contributed by atoms with van der Waals surface area (Å²) >= 11 is 3.60. The Morgan fingerprint density at radius 2 is 2.04 bits per heavy atom. The minimum absolute atomic E-state index is 0.0804. The number of nitrogens with zero attached hydrogens (tertiary/aromatic N) is 2. The molecular weight excluding hydrogens is 404 g/mol. The number of fused-ring (bicyclic) bond motifs is 6. The quantitative estimate of drug-likeness (QED) is 0.663. The van der Waals surface area contributed by atoms with E-state index in [9.17, 15) is 4.79 Å². The summed E-state index contributed by atoms with van der Waals surface area (Å²) in [7, 11) is 3.97. The number of carbonyl (C=O) groups is 1. The van der Waals surface area contributed by atoms with Gasteiger partial charge in [0, 0.05) is 27.5 Å². The molecule has 138 valence electrons. The predicted molar refractivity (Wildman–Crippen MR) is 111 cm³/mol.